The van der Waals surface area contributed by atoms with E-state index in [1.807, 2.05) is 29.2 Å². The van der Waals surface area contributed by atoms with E-state index in [9.17, 15) is 9.59 Å². The molecule has 0 aliphatic carbocycles. The minimum absolute atomic E-state index is 0.0466. The summed E-state index contributed by atoms with van der Waals surface area (Å²) in [5, 5.41) is 0. The maximum Gasteiger partial charge on any atom is 0.255 e. The molecule has 1 atom stereocenters. The molecular weight excluding hydrogens is 280 g/mol. The predicted octanol–water partition coefficient (Wildman–Crippen LogP) is 1.98. The van der Waals surface area contributed by atoms with Crippen molar-refractivity contribution >= 4 is 5.91 Å². The Morgan fingerprint density at radius 2 is 2.09 bits per heavy atom. The highest BCUT2D eigenvalue weighted by molar-refractivity contribution is 5.94. The number of likely N-dealkylation sites (tertiary alicyclic amines) is 1. The number of aromatic nitrogens is 1. The van der Waals surface area contributed by atoms with Crippen LogP contribution >= 0.6 is 0 Å². The number of nitrogens with zero attached hydrogens (tertiary/aromatic N) is 2. The number of carbonyl (C=O) groups is 1. The molecule has 114 valence electrons. The number of amides is 1. The van der Waals surface area contributed by atoms with E-state index in [0.29, 0.717) is 5.56 Å². The highest BCUT2D eigenvalue weighted by atomic mass is 16.5. The quantitative estimate of drug-likeness (QED) is 0.870. The van der Waals surface area contributed by atoms with Gasteiger partial charge in [-0.05, 0) is 30.2 Å². The summed E-state index contributed by atoms with van der Waals surface area (Å²) in [6.45, 7) is 0.726. The molecule has 0 radical (unpaired) electrons. The molecule has 0 saturated carbocycles. The van der Waals surface area contributed by atoms with Crippen molar-refractivity contribution in [3.05, 3.63) is 64.1 Å². The van der Waals surface area contributed by atoms with Gasteiger partial charge in [0.05, 0.1) is 18.7 Å². The molecule has 22 heavy (non-hydrogen) atoms. The van der Waals surface area contributed by atoms with Gasteiger partial charge in [-0.25, -0.2) is 0 Å². The van der Waals surface area contributed by atoms with Crippen molar-refractivity contribution < 1.29 is 9.53 Å². The zero-order chi connectivity index (χ0) is 15.7. The standard InChI is InChI=1S/C17H18N2O3/c1-18-11-13(6-7-16(18)20)17(21)19-9-8-15(19)12-4-3-5-14(10-12)22-2/h3-7,10-11,15H,8-9H2,1-2H3/t15-/m0/s1. The highest BCUT2D eigenvalue weighted by Gasteiger charge is 2.34. The van der Waals surface area contributed by atoms with E-state index < -0.39 is 0 Å². The molecule has 0 unspecified atom stereocenters. The SMILES string of the molecule is COc1cccc([C@@H]2CCN2C(=O)c2ccc(=O)n(C)c2)c1. The predicted molar refractivity (Wildman–Crippen MR) is 83.1 cm³/mol. The van der Waals surface area contributed by atoms with Crippen molar-refractivity contribution in [3.63, 3.8) is 0 Å². The van der Waals surface area contributed by atoms with Gasteiger partial charge in [-0.2, -0.15) is 0 Å². The fourth-order valence-corrected chi connectivity index (χ4v) is 2.71. The number of benzene rings is 1. The zero-order valence-electron chi connectivity index (χ0n) is 12.7. The first-order valence-electron chi connectivity index (χ1n) is 7.22. The number of hydrogen-bond acceptors (Lipinski definition) is 3. The average molecular weight is 298 g/mol. The van der Waals surface area contributed by atoms with Gasteiger partial charge in [0.1, 0.15) is 5.75 Å². The van der Waals surface area contributed by atoms with Crippen LogP contribution in [0.4, 0.5) is 0 Å². The fraction of sp³-hybridized carbons (Fsp3) is 0.294. The normalized spacial score (nSPS) is 17.0. The molecule has 1 amide bonds. The second-order valence-corrected chi connectivity index (χ2v) is 5.45. The van der Waals surface area contributed by atoms with Crippen molar-refractivity contribution in [2.24, 2.45) is 7.05 Å². The third-order valence-corrected chi connectivity index (χ3v) is 4.09. The van der Waals surface area contributed by atoms with Gasteiger partial charge in [0.2, 0.25) is 5.56 Å². The van der Waals surface area contributed by atoms with E-state index in [1.54, 1.807) is 26.4 Å². The van der Waals surface area contributed by atoms with Gasteiger partial charge in [-0.3, -0.25) is 9.59 Å². The summed E-state index contributed by atoms with van der Waals surface area (Å²) in [7, 11) is 3.28. The molecule has 1 saturated heterocycles. The van der Waals surface area contributed by atoms with Crippen LogP contribution in [0, 0.1) is 0 Å². The van der Waals surface area contributed by atoms with Crippen LogP contribution in [0.2, 0.25) is 0 Å². The van der Waals surface area contributed by atoms with E-state index in [4.69, 9.17) is 4.74 Å². The van der Waals surface area contributed by atoms with Crippen LogP contribution in [0.1, 0.15) is 28.4 Å². The molecule has 0 spiro atoms. The van der Waals surface area contributed by atoms with E-state index in [2.05, 4.69) is 0 Å². The van der Waals surface area contributed by atoms with E-state index in [1.165, 1.54) is 10.6 Å². The second-order valence-electron chi connectivity index (χ2n) is 5.45. The van der Waals surface area contributed by atoms with Crippen molar-refractivity contribution in [1.82, 2.24) is 9.47 Å². The van der Waals surface area contributed by atoms with Crippen LogP contribution in [0.15, 0.2) is 47.4 Å². The third-order valence-electron chi connectivity index (χ3n) is 4.09. The Labute approximate surface area is 128 Å². The lowest BCUT2D eigenvalue weighted by Gasteiger charge is -2.41. The molecule has 0 bridgehead atoms. The van der Waals surface area contributed by atoms with Crippen molar-refractivity contribution in [1.29, 1.82) is 0 Å². The van der Waals surface area contributed by atoms with E-state index in [-0.39, 0.29) is 17.5 Å². The Morgan fingerprint density at radius 1 is 1.27 bits per heavy atom. The van der Waals surface area contributed by atoms with Crippen molar-refractivity contribution in [3.8, 4) is 5.75 Å². The molecule has 5 heteroatoms. The number of carbonyl (C=O) groups excluding carboxylic acids is 1. The highest BCUT2D eigenvalue weighted by Crippen LogP contribution is 2.35. The summed E-state index contributed by atoms with van der Waals surface area (Å²) in [4.78, 5) is 25.9. The monoisotopic (exact) mass is 298 g/mol. The van der Waals surface area contributed by atoms with Crippen LogP contribution in [0.3, 0.4) is 0 Å². The van der Waals surface area contributed by atoms with Gasteiger partial charge < -0.3 is 14.2 Å². The molecule has 5 nitrogen and oxygen atoms in total. The van der Waals surface area contributed by atoms with Crippen molar-refractivity contribution in [2.75, 3.05) is 13.7 Å². The Morgan fingerprint density at radius 3 is 2.73 bits per heavy atom. The molecule has 1 aliphatic heterocycles. The molecule has 1 fully saturated rings. The van der Waals surface area contributed by atoms with Crippen LogP contribution in [0.5, 0.6) is 5.75 Å². The van der Waals surface area contributed by atoms with E-state index in [0.717, 1.165) is 24.3 Å². The van der Waals surface area contributed by atoms with Crippen molar-refractivity contribution in [2.45, 2.75) is 12.5 Å². The maximum absolute atomic E-state index is 12.6. The lowest BCUT2D eigenvalue weighted by Crippen LogP contribution is -2.45. The molecule has 1 aromatic heterocycles. The first-order valence-corrected chi connectivity index (χ1v) is 7.22. The second kappa shape index (κ2) is 5.67. The van der Waals surface area contributed by atoms with Gasteiger partial charge >= 0.3 is 0 Å². The van der Waals surface area contributed by atoms with Crippen LogP contribution in [0.25, 0.3) is 0 Å². The summed E-state index contributed by atoms with van der Waals surface area (Å²) < 4.78 is 6.67. The molecule has 1 aliphatic rings. The minimum Gasteiger partial charge on any atom is -0.497 e. The van der Waals surface area contributed by atoms with Gasteiger partial charge in [0.25, 0.3) is 5.91 Å². The number of hydrogen-bond donors (Lipinski definition) is 0. The van der Waals surface area contributed by atoms with Gasteiger partial charge in [0, 0.05) is 25.9 Å². The first-order chi connectivity index (χ1) is 10.6. The number of methoxy groups -OCH3 is 1. The molecule has 2 aromatic rings. The number of pyridine rings is 1. The zero-order valence-corrected chi connectivity index (χ0v) is 12.7. The summed E-state index contributed by atoms with van der Waals surface area (Å²) in [6.07, 6.45) is 2.52. The Hall–Kier alpha value is -2.56. The van der Waals surface area contributed by atoms with Gasteiger partial charge in [0.15, 0.2) is 0 Å². The van der Waals surface area contributed by atoms with Gasteiger partial charge in [-0.1, -0.05) is 12.1 Å². The lowest BCUT2D eigenvalue weighted by molar-refractivity contribution is 0.0459. The first kappa shape index (κ1) is 14.4. The molecule has 2 heterocycles. The lowest BCUT2D eigenvalue weighted by atomic mass is 9.93. The molecular formula is C17H18N2O3. The van der Waals surface area contributed by atoms with Gasteiger partial charge in [-0.15, -0.1) is 0 Å². The summed E-state index contributed by atoms with van der Waals surface area (Å²) in [5.41, 5.74) is 1.49. The largest absolute Gasteiger partial charge is 0.497 e. The minimum atomic E-state index is -0.121. The Balaban J connectivity index is 1.84. The summed E-state index contributed by atoms with van der Waals surface area (Å²) >= 11 is 0. The van der Waals surface area contributed by atoms with Crippen LogP contribution in [-0.4, -0.2) is 29.0 Å². The average Bonchev–Trinajstić information content (AvgIpc) is 2.49. The molecule has 1 aromatic carbocycles. The topological polar surface area (TPSA) is 51.5 Å². The Kier molecular flexibility index (Phi) is 3.71. The van der Waals surface area contributed by atoms with E-state index >= 15 is 0 Å². The summed E-state index contributed by atoms with van der Waals surface area (Å²) in [6, 6.07) is 10.9. The molecule has 0 N–H and O–H groups in total. The van der Waals surface area contributed by atoms with Crippen LogP contribution < -0.4 is 10.3 Å². The third kappa shape index (κ3) is 2.50. The number of ether oxygens (including phenoxy) is 1. The maximum atomic E-state index is 12.6. The molecule has 3 rings (SSSR count). The smallest absolute Gasteiger partial charge is 0.255 e. The Bertz CT molecular complexity index is 766. The number of aryl methyl sites for hydroxylation is 1. The summed E-state index contributed by atoms with van der Waals surface area (Å²) in [5.74, 6) is 0.744. The van der Waals surface area contributed by atoms with Crippen LogP contribution in [-0.2, 0) is 7.05 Å². The number of rotatable bonds is 3. The fourth-order valence-electron chi connectivity index (χ4n) is 2.71.